The number of nitrogens with one attached hydrogen (secondary N) is 1. The minimum absolute atomic E-state index is 0.0417. The molecule has 4 nitrogen and oxygen atoms in total. The van der Waals surface area contributed by atoms with E-state index in [0.29, 0.717) is 12.5 Å². The van der Waals surface area contributed by atoms with E-state index >= 15 is 0 Å². The molecule has 12 heavy (non-hydrogen) atoms. The van der Waals surface area contributed by atoms with E-state index < -0.39 is 15.5 Å². The van der Waals surface area contributed by atoms with Crippen LogP contribution in [0.25, 0.3) is 0 Å². The lowest BCUT2D eigenvalue weighted by molar-refractivity contribution is 0.399. The summed E-state index contributed by atoms with van der Waals surface area (Å²) < 4.78 is 32.2. The van der Waals surface area contributed by atoms with Gasteiger partial charge >= 0.3 is 0 Å². The normalized spacial score (nSPS) is 44.1. The highest BCUT2D eigenvalue weighted by atomic mass is 32.2. The van der Waals surface area contributed by atoms with Gasteiger partial charge in [0.2, 0.25) is 0 Å². The van der Waals surface area contributed by atoms with E-state index in [9.17, 15) is 13.0 Å². The molecule has 0 aromatic rings. The van der Waals surface area contributed by atoms with E-state index in [2.05, 4.69) is 5.32 Å². The first-order valence-electron chi connectivity index (χ1n) is 4.03. The van der Waals surface area contributed by atoms with Crippen molar-refractivity contribution in [3.8, 4) is 0 Å². The molecule has 2 rings (SSSR count). The number of hydrogen-bond donors (Lipinski definition) is 1. The topological polar surface area (TPSA) is 69.2 Å². The van der Waals surface area contributed by atoms with Crippen molar-refractivity contribution < 1.29 is 13.0 Å². The first-order valence-corrected chi connectivity index (χ1v) is 5.50. The SMILES string of the molecule is CC1(C)[C@@H]2[C@H](S(=O)(=O)[O-])NC[C@@H]21. The van der Waals surface area contributed by atoms with Crippen molar-refractivity contribution in [1.29, 1.82) is 0 Å². The van der Waals surface area contributed by atoms with E-state index in [1.165, 1.54) is 0 Å². The Labute approximate surface area is 72.1 Å². The molecule has 0 amide bonds. The Morgan fingerprint density at radius 2 is 2.08 bits per heavy atom. The zero-order valence-corrected chi connectivity index (χ0v) is 7.89. The van der Waals surface area contributed by atoms with Gasteiger partial charge in [0.05, 0.1) is 0 Å². The number of piperidine rings is 1. The van der Waals surface area contributed by atoms with Gasteiger partial charge in [0.1, 0.15) is 15.5 Å². The molecular weight excluding hydrogens is 178 g/mol. The molecule has 0 aromatic heterocycles. The van der Waals surface area contributed by atoms with E-state index in [0.717, 1.165) is 0 Å². The summed E-state index contributed by atoms with van der Waals surface area (Å²) in [4.78, 5) is 0. The second-order valence-corrected chi connectivity index (χ2v) is 5.77. The molecule has 2 fully saturated rings. The van der Waals surface area contributed by atoms with Crippen molar-refractivity contribution in [1.82, 2.24) is 5.32 Å². The van der Waals surface area contributed by atoms with Crippen LogP contribution in [0.5, 0.6) is 0 Å². The van der Waals surface area contributed by atoms with Crippen LogP contribution in [0.15, 0.2) is 0 Å². The quantitative estimate of drug-likeness (QED) is 0.578. The highest BCUT2D eigenvalue weighted by Crippen LogP contribution is 2.62. The maximum absolute atomic E-state index is 10.7. The molecule has 0 aromatic carbocycles. The van der Waals surface area contributed by atoms with Crippen LogP contribution >= 0.6 is 0 Å². The third kappa shape index (κ3) is 0.932. The fourth-order valence-corrected chi connectivity index (χ4v) is 3.63. The molecule has 1 saturated heterocycles. The second kappa shape index (κ2) is 2.02. The van der Waals surface area contributed by atoms with E-state index in [1.54, 1.807) is 0 Å². The third-order valence-electron chi connectivity index (χ3n) is 3.32. The smallest absolute Gasteiger partial charge is 0.111 e. The van der Waals surface area contributed by atoms with Crippen molar-refractivity contribution in [2.75, 3.05) is 6.54 Å². The molecule has 3 atom stereocenters. The van der Waals surface area contributed by atoms with Crippen LogP contribution in [0.1, 0.15) is 13.8 Å². The van der Waals surface area contributed by atoms with Crippen LogP contribution in [0.2, 0.25) is 0 Å². The molecule has 1 N–H and O–H groups in total. The Morgan fingerprint density at radius 3 is 2.33 bits per heavy atom. The molecule has 0 radical (unpaired) electrons. The van der Waals surface area contributed by atoms with Gasteiger partial charge in [-0.05, 0) is 17.3 Å². The van der Waals surface area contributed by atoms with Crippen molar-refractivity contribution in [2.45, 2.75) is 19.2 Å². The minimum atomic E-state index is -4.14. The Morgan fingerprint density at radius 1 is 1.50 bits per heavy atom. The van der Waals surface area contributed by atoms with Gasteiger partial charge in [-0.25, -0.2) is 8.42 Å². The fourth-order valence-electron chi connectivity index (χ4n) is 2.43. The lowest BCUT2D eigenvalue weighted by Crippen LogP contribution is -2.37. The van der Waals surface area contributed by atoms with Crippen molar-refractivity contribution in [2.24, 2.45) is 17.3 Å². The predicted molar refractivity (Wildman–Crippen MR) is 42.2 cm³/mol. The lowest BCUT2D eigenvalue weighted by Gasteiger charge is -2.21. The second-order valence-electron chi connectivity index (χ2n) is 4.28. The molecule has 2 aliphatic rings. The molecule has 0 unspecified atom stereocenters. The predicted octanol–water partition coefficient (Wildman–Crippen LogP) is -0.267. The summed E-state index contributed by atoms with van der Waals surface area (Å²) in [7, 11) is -4.14. The third-order valence-corrected chi connectivity index (χ3v) is 4.40. The maximum Gasteiger partial charge on any atom is 0.111 e. The van der Waals surface area contributed by atoms with Gasteiger partial charge in [0, 0.05) is 6.54 Å². The largest absolute Gasteiger partial charge is 0.747 e. The molecule has 1 aliphatic heterocycles. The summed E-state index contributed by atoms with van der Waals surface area (Å²) in [5.74, 6) is 0.422. The summed E-state index contributed by atoms with van der Waals surface area (Å²) >= 11 is 0. The number of fused-ring (bicyclic) bond motifs is 1. The average molecular weight is 190 g/mol. The Balaban J connectivity index is 2.24. The minimum Gasteiger partial charge on any atom is -0.747 e. The van der Waals surface area contributed by atoms with E-state index in [1.807, 2.05) is 13.8 Å². The Bertz CT molecular complexity index is 309. The summed E-state index contributed by atoms with van der Waals surface area (Å²) in [5.41, 5.74) is 0.0490. The van der Waals surface area contributed by atoms with Crippen LogP contribution in [-0.2, 0) is 10.1 Å². The fraction of sp³-hybridized carbons (Fsp3) is 1.00. The Kier molecular flexibility index (Phi) is 1.43. The number of hydrogen-bond acceptors (Lipinski definition) is 4. The molecule has 1 aliphatic carbocycles. The van der Waals surface area contributed by atoms with E-state index in [-0.39, 0.29) is 11.3 Å². The molecule has 0 spiro atoms. The van der Waals surface area contributed by atoms with Crippen LogP contribution in [0.3, 0.4) is 0 Å². The van der Waals surface area contributed by atoms with E-state index in [4.69, 9.17) is 0 Å². The van der Waals surface area contributed by atoms with Crippen LogP contribution in [0.4, 0.5) is 0 Å². The van der Waals surface area contributed by atoms with Crippen molar-refractivity contribution in [3.05, 3.63) is 0 Å². The first-order chi connectivity index (χ1) is 5.35. The average Bonchev–Trinajstić information content (AvgIpc) is 2.34. The lowest BCUT2D eigenvalue weighted by atomic mass is 10.1. The standard InChI is InChI=1S/C7H13NO3S/c1-7(2)4-3-8-6(5(4)7)12(9,10)11/h4-6,8H,3H2,1-2H3,(H,9,10,11)/p-1/t4-,5-,6-/m0/s1. The van der Waals surface area contributed by atoms with Gasteiger partial charge < -0.3 is 9.87 Å². The van der Waals surface area contributed by atoms with Gasteiger partial charge in [-0.3, -0.25) is 0 Å². The molecular formula is C7H12NO3S-. The summed E-state index contributed by atoms with van der Waals surface area (Å²) in [5, 5.41) is 1.92. The monoisotopic (exact) mass is 190 g/mol. The van der Waals surface area contributed by atoms with Gasteiger partial charge in [0.25, 0.3) is 0 Å². The molecule has 0 bridgehead atoms. The summed E-state index contributed by atoms with van der Waals surface area (Å²) in [6.07, 6.45) is 0. The zero-order chi connectivity index (χ0) is 9.15. The maximum atomic E-state index is 10.7. The first kappa shape index (κ1) is 8.47. The van der Waals surface area contributed by atoms with Crippen molar-refractivity contribution in [3.63, 3.8) is 0 Å². The van der Waals surface area contributed by atoms with Crippen LogP contribution in [-0.4, -0.2) is 24.9 Å². The summed E-state index contributed by atoms with van der Waals surface area (Å²) in [6.45, 7) is 4.70. The summed E-state index contributed by atoms with van der Waals surface area (Å²) in [6, 6.07) is 0. The van der Waals surface area contributed by atoms with Crippen LogP contribution in [0, 0.1) is 17.3 Å². The molecule has 1 heterocycles. The highest BCUT2D eigenvalue weighted by Gasteiger charge is 2.65. The molecule has 5 heteroatoms. The van der Waals surface area contributed by atoms with Gasteiger partial charge in [-0.1, -0.05) is 13.8 Å². The number of rotatable bonds is 1. The van der Waals surface area contributed by atoms with Gasteiger partial charge in [0.15, 0.2) is 0 Å². The zero-order valence-electron chi connectivity index (χ0n) is 7.07. The van der Waals surface area contributed by atoms with Gasteiger partial charge in [-0.2, -0.15) is 0 Å². The Hall–Kier alpha value is -0.130. The highest BCUT2D eigenvalue weighted by molar-refractivity contribution is 7.86. The van der Waals surface area contributed by atoms with Crippen molar-refractivity contribution >= 4 is 10.1 Å². The van der Waals surface area contributed by atoms with Gasteiger partial charge in [-0.15, -0.1) is 0 Å². The molecule has 70 valence electrons. The molecule has 1 saturated carbocycles. The van der Waals surface area contributed by atoms with Crippen LogP contribution < -0.4 is 5.32 Å².